The fraction of sp³-hybridized carbons (Fsp3) is 0.667. The second-order valence-electron chi connectivity index (χ2n) is 4.89. The molecular weight excluding hydrogens is 244 g/mol. The first-order valence-corrected chi connectivity index (χ1v) is 6.79. The van der Waals surface area contributed by atoms with Crippen LogP contribution in [0.1, 0.15) is 40.5 Å². The molecule has 1 rings (SSSR count). The molecule has 0 aromatic rings. The number of hydrogen-bond acceptors (Lipinski definition) is 4. The summed E-state index contributed by atoms with van der Waals surface area (Å²) >= 11 is 0. The normalized spacial score (nSPS) is 26.3. The van der Waals surface area contributed by atoms with Crippen LogP contribution in [0.4, 0.5) is 0 Å². The summed E-state index contributed by atoms with van der Waals surface area (Å²) in [4.78, 5) is 11.4. The Morgan fingerprint density at radius 3 is 2.68 bits per heavy atom. The van der Waals surface area contributed by atoms with Crippen molar-refractivity contribution in [3.8, 4) is 0 Å². The molecule has 0 saturated carbocycles. The number of carbonyl (C=O) groups is 1. The molecule has 108 valence electrons. The highest BCUT2D eigenvalue weighted by atomic mass is 16.7. The Bertz CT molecular complexity index is 344. The first-order chi connectivity index (χ1) is 8.98. The van der Waals surface area contributed by atoms with Crippen LogP contribution in [0.15, 0.2) is 24.3 Å². The summed E-state index contributed by atoms with van der Waals surface area (Å²) in [5, 5.41) is 0. The maximum Gasteiger partial charge on any atom is 0.305 e. The summed E-state index contributed by atoms with van der Waals surface area (Å²) in [5.74, 6) is -0.795. The zero-order chi connectivity index (χ0) is 14.3. The molecule has 4 nitrogen and oxygen atoms in total. The van der Waals surface area contributed by atoms with Crippen LogP contribution in [0.5, 0.6) is 0 Å². The number of hydrogen-bond donors (Lipinski definition) is 0. The highest BCUT2D eigenvalue weighted by Crippen LogP contribution is 2.31. The molecule has 0 spiro atoms. The van der Waals surface area contributed by atoms with E-state index in [1.54, 1.807) is 6.92 Å². The minimum Gasteiger partial charge on any atom is -0.466 e. The lowest BCUT2D eigenvalue weighted by atomic mass is 10.1. The molecule has 0 aromatic carbocycles. The van der Waals surface area contributed by atoms with Crippen LogP contribution in [0.25, 0.3) is 0 Å². The van der Waals surface area contributed by atoms with E-state index in [1.165, 1.54) is 0 Å². The van der Waals surface area contributed by atoms with Crippen molar-refractivity contribution >= 4 is 5.97 Å². The zero-order valence-electron chi connectivity index (χ0n) is 12.2. The molecule has 0 radical (unpaired) electrons. The van der Waals surface area contributed by atoms with Crippen molar-refractivity contribution in [1.82, 2.24) is 0 Å². The second-order valence-corrected chi connectivity index (χ2v) is 4.89. The van der Waals surface area contributed by atoms with E-state index in [2.05, 4.69) is 0 Å². The van der Waals surface area contributed by atoms with Crippen molar-refractivity contribution in [2.45, 2.75) is 58.5 Å². The van der Waals surface area contributed by atoms with Crippen molar-refractivity contribution in [2.24, 2.45) is 0 Å². The van der Waals surface area contributed by atoms with Crippen molar-refractivity contribution < 1.29 is 19.0 Å². The third kappa shape index (κ3) is 5.57. The number of rotatable bonds is 6. The lowest BCUT2D eigenvalue weighted by Crippen LogP contribution is -2.22. The molecule has 1 aliphatic heterocycles. The van der Waals surface area contributed by atoms with Crippen molar-refractivity contribution in [1.29, 1.82) is 0 Å². The van der Waals surface area contributed by atoms with Gasteiger partial charge in [0.25, 0.3) is 0 Å². The van der Waals surface area contributed by atoms with Gasteiger partial charge in [0.15, 0.2) is 5.79 Å². The van der Waals surface area contributed by atoms with Crippen LogP contribution in [-0.2, 0) is 19.0 Å². The fourth-order valence-electron chi connectivity index (χ4n) is 2.03. The van der Waals surface area contributed by atoms with Gasteiger partial charge in [-0.2, -0.15) is 0 Å². The van der Waals surface area contributed by atoms with Gasteiger partial charge in [0.2, 0.25) is 0 Å². The molecule has 1 saturated heterocycles. The third-order valence-corrected chi connectivity index (χ3v) is 2.76. The molecule has 0 unspecified atom stereocenters. The van der Waals surface area contributed by atoms with E-state index in [4.69, 9.17) is 14.2 Å². The van der Waals surface area contributed by atoms with Gasteiger partial charge in [-0.05, 0) is 34.1 Å². The van der Waals surface area contributed by atoms with E-state index in [9.17, 15) is 4.79 Å². The van der Waals surface area contributed by atoms with Gasteiger partial charge in [0.05, 0.1) is 12.7 Å². The predicted octanol–water partition coefficient (Wildman–Crippen LogP) is 2.98. The van der Waals surface area contributed by atoms with E-state index >= 15 is 0 Å². The number of esters is 1. The molecule has 4 heteroatoms. The number of ether oxygens (including phenoxy) is 3. The zero-order valence-corrected chi connectivity index (χ0v) is 12.2. The van der Waals surface area contributed by atoms with Crippen LogP contribution in [0.2, 0.25) is 0 Å². The molecule has 1 fully saturated rings. The van der Waals surface area contributed by atoms with Crippen LogP contribution in [-0.4, -0.2) is 30.6 Å². The molecule has 0 N–H and O–H groups in total. The molecule has 0 aromatic heterocycles. The van der Waals surface area contributed by atoms with E-state index < -0.39 is 5.79 Å². The van der Waals surface area contributed by atoms with Crippen molar-refractivity contribution in [3.63, 3.8) is 0 Å². The monoisotopic (exact) mass is 268 g/mol. The van der Waals surface area contributed by atoms with E-state index in [1.807, 2.05) is 45.1 Å². The summed E-state index contributed by atoms with van der Waals surface area (Å²) in [7, 11) is 0. The fourth-order valence-corrected chi connectivity index (χ4v) is 2.03. The second kappa shape index (κ2) is 7.46. The molecule has 0 amide bonds. The summed E-state index contributed by atoms with van der Waals surface area (Å²) < 4.78 is 16.5. The molecule has 1 heterocycles. The lowest BCUT2D eigenvalue weighted by molar-refractivity contribution is -0.149. The van der Waals surface area contributed by atoms with Gasteiger partial charge in [0.1, 0.15) is 6.10 Å². The summed E-state index contributed by atoms with van der Waals surface area (Å²) in [5.41, 5.74) is 0. The van der Waals surface area contributed by atoms with Gasteiger partial charge in [-0.1, -0.05) is 24.3 Å². The van der Waals surface area contributed by atoms with E-state index in [-0.39, 0.29) is 18.2 Å². The van der Waals surface area contributed by atoms with Crippen molar-refractivity contribution in [3.05, 3.63) is 24.3 Å². The number of carbonyl (C=O) groups excluding carboxylic acids is 1. The van der Waals surface area contributed by atoms with E-state index in [0.717, 1.165) is 0 Å². The molecule has 2 atom stereocenters. The van der Waals surface area contributed by atoms with Crippen LogP contribution < -0.4 is 0 Å². The number of allylic oxidation sites excluding steroid dienone is 3. The quantitative estimate of drug-likeness (QED) is 0.549. The van der Waals surface area contributed by atoms with Gasteiger partial charge in [-0.3, -0.25) is 4.79 Å². The first kappa shape index (κ1) is 15.9. The predicted molar refractivity (Wildman–Crippen MR) is 73.6 cm³/mol. The molecular formula is C15H24O4. The minimum absolute atomic E-state index is 0.110. The van der Waals surface area contributed by atoms with Crippen LogP contribution in [0.3, 0.4) is 0 Å². The van der Waals surface area contributed by atoms with Crippen LogP contribution in [0, 0.1) is 0 Å². The Morgan fingerprint density at radius 2 is 2.05 bits per heavy atom. The topological polar surface area (TPSA) is 44.8 Å². The van der Waals surface area contributed by atoms with Gasteiger partial charge < -0.3 is 14.2 Å². The Balaban J connectivity index is 2.54. The van der Waals surface area contributed by atoms with Gasteiger partial charge in [-0.15, -0.1) is 0 Å². The van der Waals surface area contributed by atoms with Gasteiger partial charge in [0, 0.05) is 6.42 Å². The van der Waals surface area contributed by atoms with Crippen LogP contribution >= 0.6 is 0 Å². The Kier molecular flexibility index (Phi) is 6.25. The van der Waals surface area contributed by atoms with Gasteiger partial charge >= 0.3 is 5.97 Å². The largest absolute Gasteiger partial charge is 0.466 e. The molecule has 0 bridgehead atoms. The van der Waals surface area contributed by atoms with Gasteiger partial charge in [-0.25, -0.2) is 0 Å². The smallest absolute Gasteiger partial charge is 0.305 e. The molecule has 19 heavy (non-hydrogen) atoms. The Hall–Kier alpha value is -1.13. The first-order valence-electron chi connectivity index (χ1n) is 6.79. The average molecular weight is 268 g/mol. The molecule has 1 aliphatic rings. The SMILES string of the molecule is C/C=C/C=C/[C@@H]1OC(C)(C)O[C@@H]1CCC(=O)OCC. The third-order valence-electron chi connectivity index (χ3n) is 2.76. The highest BCUT2D eigenvalue weighted by Gasteiger charge is 2.39. The Labute approximate surface area is 115 Å². The standard InChI is InChI=1S/C15H24O4/c1-5-7-8-9-12-13(19-15(3,4)18-12)10-11-14(16)17-6-2/h5,7-9,12-13H,6,10-11H2,1-4H3/b7-5+,9-8+/t12-,13+/m0/s1. The maximum absolute atomic E-state index is 11.4. The summed E-state index contributed by atoms with van der Waals surface area (Å²) in [6.07, 6.45) is 8.51. The lowest BCUT2D eigenvalue weighted by Gasteiger charge is -2.16. The van der Waals surface area contributed by atoms with Crippen molar-refractivity contribution in [2.75, 3.05) is 6.61 Å². The maximum atomic E-state index is 11.4. The Morgan fingerprint density at radius 1 is 1.32 bits per heavy atom. The van der Waals surface area contributed by atoms with E-state index in [0.29, 0.717) is 19.4 Å². The highest BCUT2D eigenvalue weighted by molar-refractivity contribution is 5.69. The summed E-state index contributed by atoms with van der Waals surface area (Å²) in [6.45, 7) is 7.94. The molecule has 0 aliphatic carbocycles. The average Bonchev–Trinajstić information content (AvgIpc) is 2.62. The minimum atomic E-state index is -0.607. The summed E-state index contributed by atoms with van der Waals surface area (Å²) in [6, 6.07) is 0.